The summed E-state index contributed by atoms with van der Waals surface area (Å²) >= 11 is 0. The summed E-state index contributed by atoms with van der Waals surface area (Å²) in [4.78, 5) is 22.8. The topological polar surface area (TPSA) is 74.6 Å². The maximum atomic E-state index is 11.7. The summed E-state index contributed by atoms with van der Waals surface area (Å²) in [6.45, 7) is 3.24. The van der Waals surface area contributed by atoms with Gasteiger partial charge in [0.15, 0.2) is 5.78 Å². The highest BCUT2D eigenvalue weighted by Gasteiger charge is 2.29. The second kappa shape index (κ2) is 5.78. The van der Waals surface area contributed by atoms with Gasteiger partial charge in [-0.2, -0.15) is 0 Å². The molecule has 0 unspecified atom stereocenters. The molecule has 0 aromatic heterocycles. The van der Waals surface area contributed by atoms with Crippen LogP contribution in [0.1, 0.15) is 42.6 Å². The van der Waals surface area contributed by atoms with Gasteiger partial charge in [0.1, 0.15) is 0 Å². The fourth-order valence-electron chi connectivity index (χ4n) is 1.58. The minimum absolute atomic E-state index is 0.00410. The Kier molecular flexibility index (Phi) is 4.62. The van der Waals surface area contributed by atoms with Gasteiger partial charge in [0.05, 0.1) is 5.41 Å². The molecule has 0 spiro atoms. The zero-order chi connectivity index (χ0) is 13.8. The van der Waals surface area contributed by atoms with E-state index in [1.54, 1.807) is 38.1 Å². The van der Waals surface area contributed by atoms with E-state index in [0.29, 0.717) is 24.0 Å². The summed E-state index contributed by atoms with van der Waals surface area (Å²) in [5, 5.41) is 17.8. The number of hydrogen-bond acceptors (Lipinski definition) is 3. The molecule has 1 aromatic carbocycles. The van der Waals surface area contributed by atoms with E-state index in [-0.39, 0.29) is 12.4 Å². The molecule has 1 aromatic rings. The quantitative estimate of drug-likeness (QED) is 0.757. The Hall–Kier alpha value is -1.68. The number of carboxylic acid groups (broad SMARTS) is 1. The van der Waals surface area contributed by atoms with Gasteiger partial charge in [0.2, 0.25) is 0 Å². The largest absolute Gasteiger partial charge is 0.481 e. The van der Waals surface area contributed by atoms with Crippen molar-refractivity contribution >= 4 is 11.8 Å². The van der Waals surface area contributed by atoms with Crippen LogP contribution in [-0.4, -0.2) is 28.6 Å². The van der Waals surface area contributed by atoms with Crippen LogP contribution in [0.5, 0.6) is 0 Å². The average Bonchev–Trinajstić information content (AvgIpc) is 2.35. The summed E-state index contributed by atoms with van der Waals surface area (Å²) in [5.74, 6) is -0.939. The van der Waals surface area contributed by atoms with E-state index in [4.69, 9.17) is 10.2 Å². The number of aliphatic hydroxyl groups excluding tert-OH is 1. The summed E-state index contributed by atoms with van der Waals surface area (Å²) in [7, 11) is 0. The molecule has 0 bridgehead atoms. The molecule has 98 valence electrons. The molecule has 0 aliphatic heterocycles. The molecule has 0 fully saturated rings. The van der Waals surface area contributed by atoms with Crippen molar-refractivity contribution in [1.82, 2.24) is 0 Å². The first-order chi connectivity index (χ1) is 8.39. The molecule has 0 aliphatic carbocycles. The number of benzene rings is 1. The van der Waals surface area contributed by atoms with E-state index in [9.17, 15) is 9.59 Å². The third kappa shape index (κ3) is 3.17. The van der Waals surface area contributed by atoms with Gasteiger partial charge in [-0.1, -0.05) is 24.3 Å². The van der Waals surface area contributed by atoms with Gasteiger partial charge in [0, 0.05) is 18.6 Å². The molecule has 0 amide bonds. The van der Waals surface area contributed by atoms with Crippen LogP contribution in [0.25, 0.3) is 0 Å². The van der Waals surface area contributed by atoms with Crippen LogP contribution in [0, 0.1) is 0 Å². The molecular weight excluding hydrogens is 232 g/mol. The normalized spacial score (nSPS) is 11.3. The van der Waals surface area contributed by atoms with Crippen LogP contribution in [0.2, 0.25) is 0 Å². The predicted octanol–water partition coefficient (Wildman–Crippen LogP) is 2.00. The number of carboxylic acids is 1. The Labute approximate surface area is 106 Å². The summed E-state index contributed by atoms with van der Waals surface area (Å²) in [6.07, 6.45) is 0.749. The average molecular weight is 250 g/mol. The molecule has 0 saturated heterocycles. The van der Waals surface area contributed by atoms with Crippen molar-refractivity contribution < 1.29 is 19.8 Å². The van der Waals surface area contributed by atoms with Crippen molar-refractivity contribution in [2.75, 3.05) is 6.61 Å². The minimum Gasteiger partial charge on any atom is -0.481 e. The number of aliphatic carboxylic acids is 1. The van der Waals surface area contributed by atoms with E-state index >= 15 is 0 Å². The summed E-state index contributed by atoms with van der Waals surface area (Å²) in [5.41, 5.74) is 0.245. The Morgan fingerprint density at radius 2 is 1.72 bits per heavy atom. The highest BCUT2D eigenvalue weighted by molar-refractivity contribution is 5.96. The van der Waals surface area contributed by atoms with Gasteiger partial charge >= 0.3 is 5.97 Å². The Morgan fingerprint density at radius 1 is 1.17 bits per heavy atom. The van der Waals surface area contributed by atoms with E-state index in [0.717, 1.165) is 0 Å². The van der Waals surface area contributed by atoms with Gasteiger partial charge < -0.3 is 10.2 Å². The van der Waals surface area contributed by atoms with E-state index in [1.807, 2.05) is 0 Å². The minimum atomic E-state index is -0.966. The molecule has 0 heterocycles. The number of Topliss-reactive ketones (excluding diaryl/α,β-unsaturated/α-hetero) is 1. The second-order valence-electron chi connectivity index (χ2n) is 4.76. The standard InChI is InChI=1S/C14H18O4/c1-14(2,13(17)18)11-7-5-10(6-8-11)12(16)4-3-9-15/h5-8,15H,3-4,9H2,1-2H3,(H,17,18). The first kappa shape index (κ1) is 14.4. The predicted molar refractivity (Wildman–Crippen MR) is 67.8 cm³/mol. The highest BCUT2D eigenvalue weighted by atomic mass is 16.4. The lowest BCUT2D eigenvalue weighted by molar-refractivity contribution is -0.142. The second-order valence-corrected chi connectivity index (χ2v) is 4.76. The molecule has 18 heavy (non-hydrogen) atoms. The molecule has 0 aliphatic rings. The van der Waals surface area contributed by atoms with Crippen molar-refractivity contribution in [3.63, 3.8) is 0 Å². The number of aliphatic hydroxyl groups is 1. The number of ketones is 1. The molecular formula is C14H18O4. The van der Waals surface area contributed by atoms with Gasteiger partial charge in [-0.25, -0.2) is 0 Å². The van der Waals surface area contributed by atoms with Gasteiger partial charge in [-0.15, -0.1) is 0 Å². The maximum Gasteiger partial charge on any atom is 0.313 e. The van der Waals surface area contributed by atoms with Crippen LogP contribution >= 0.6 is 0 Å². The first-order valence-corrected chi connectivity index (χ1v) is 5.87. The number of carbonyl (C=O) groups excluding carboxylic acids is 1. The third-order valence-electron chi connectivity index (χ3n) is 3.03. The monoisotopic (exact) mass is 250 g/mol. The fraction of sp³-hybridized carbons (Fsp3) is 0.429. The van der Waals surface area contributed by atoms with Gasteiger partial charge in [-0.05, 0) is 25.8 Å². The van der Waals surface area contributed by atoms with Crippen LogP contribution in [0.15, 0.2) is 24.3 Å². The summed E-state index contributed by atoms with van der Waals surface area (Å²) < 4.78 is 0. The van der Waals surface area contributed by atoms with Crippen molar-refractivity contribution in [3.05, 3.63) is 35.4 Å². The van der Waals surface area contributed by atoms with Crippen molar-refractivity contribution in [2.45, 2.75) is 32.1 Å². The molecule has 0 saturated carbocycles. The lowest BCUT2D eigenvalue weighted by Crippen LogP contribution is -2.28. The Balaban J connectivity index is 2.86. The first-order valence-electron chi connectivity index (χ1n) is 5.87. The van der Waals surface area contributed by atoms with Crippen molar-refractivity contribution in [3.8, 4) is 0 Å². The fourth-order valence-corrected chi connectivity index (χ4v) is 1.58. The van der Waals surface area contributed by atoms with E-state index in [1.165, 1.54) is 0 Å². The zero-order valence-electron chi connectivity index (χ0n) is 10.6. The van der Waals surface area contributed by atoms with Crippen LogP contribution in [0.4, 0.5) is 0 Å². The molecule has 2 N–H and O–H groups in total. The lowest BCUT2D eigenvalue weighted by atomic mass is 9.84. The van der Waals surface area contributed by atoms with Crippen LogP contribution in [0.3, 0.4) is 0 Å². The number of hydrogen-bond donors (Lipinski definition) is 2. The Morgan fingerprint density at radius 3 is 2.17 bits per heavy atom. The lowest BCUT2D eigenvalue weighted by Gasteiger charge is -2.19. The van der Waals surface area contributed by atoms with Crippen molar-refractivity contribution in [2.24, 2.45) is 0 Å². The van der Waals surface area contributed by atoms with E-state index < -0.39 is 11.4 Å². The van der Waals surface area contributed by atoms with Gasteiger partial charge in [0.25, 0.3) is 0 Å². The number of carbonyl (C=O) groups is 2. The molecule has 1 rings (SSSR count). The molecule has 4 heteroatoms. The highest BCUT2D eigenvalue weighted by Crippen LogP contribution is 2.24. The van der Waals surface area contributed by atoms with Crippen LogP contribution in [-0.2, 0) is 10.2 Å². The van der Waals surface area contributed by atoms with Crippen molar-refractivity contribution in [1.29, 1.82) is 0 Å². The zero-order valence-corrected chi connectivity index (χ0v) is 10.6. The smallest absolute Gasteiger partial charge is 0.313 e. The summed E-state index contributed by atoms with van der Waals surface area (Å²) in [6, 6.07) is 6.61. The molecule has 4 nitrogen and oxygen atoms in total. The molecule has 0 radical (unpaired) electrons. The SMILES string of the molecule is CC(C)(C(=O)O)c1ccc(C(=O)CCCO)cc1. The Bertz CT molecular complexity index is 432. The van der Waals surface area contributed by atoms with Crippen LogP contribution < -0.4 is 0 Å². The number of rotatable bonds is 6. The molecule has 0 atom stereocenters. The third-order valence-corrected chi connectivity index (χ3v) is 3.03. The van der Waals surface area contributed by atoms with E-state index in [2.05, 4.69) is 0 Å². The maximum absolute atomic E-state index is 11.7. The van der Waals surface area contributed by atoms with Gasteiger partial charge in [-0.3, -0.25) is 9.59 Å².